The van der Waals surface area contributed by atoms with Gasteiger partial charge in [-0.25, -0.2) is 5.01 Å². The molecule has 2 heterocycles. The minimum Gasteiger partial charge on any atom is -0.347 e. The van der Waals surface area contributed by atoms with E-state index in [0.717, 1.165) is 22.2 Å². The van der Waals surface area contributed by atoms with E-state index in [9.17, 15) is 9.59 Å². The lowest BCUT2D eigenvalue weighted by molar-refractivity contribution is -0.117. The molecule has 0 atom stereocenters. The summed E-state index contributed by atoms with van der Waals surface area (Å²) in [5.74, 6) is -0.732. The maximum absolute atomic E-state index is 12.7. The molecule has 1 aliphatic rings. The summed E-state index contributed by atoms with van der Waals surface area (Å²) < 4.78 is 2.06. The zero-order valence-corrected chi connectivity index (χ0v) is 14.0. The van der Waals surface area contributed by atoms with Crippen LogP contribution in [0.5, 0.6) is 0 Å². The zero-order valence-electron chi connectivity index (χ0n) is 14.0. The van der Waals surface area contributed by atoms with E-state index in [-0.39, 0.29) is 17.4 Å². The van der Waals surface area contributed by atoms with Crippen LogP contribution in [0, 0.1) is 6.92 Å². The van der Waals surface area contributed by atoms with Crippen molar-refractivity contribution in [2.24, 2.45) is 7.05 Å². The molecule has 5 heteroatoms. The summed E-state index contributed by atoms with van der Waals surface area (Å²) in [4.78, 5) is 25.1. The van der Waals surface area contributed by atoms with Crippen LogP contribution >= 0.6 is 0 Å². The molecule has 4 rings (SSSR count). The van der Waals surface area contributed by atoms with Gasteiger partial charge in [-0.3, -0.25) is 15.0 Å². The lowest BCUT2D eigenvalue weighted by Gasteiger charge is -2.13. The summed E-state index contributed by atoms with van der Waals surface area (Å²) >= 11 is 0. The molecule has 1 aliphatic heterocycles. The average molecular weight is 331 g/mol. The number of rotatable bonds is 2. The molecule has 2 aromatic carbocycles. The molecule has 124 valence electrons. The van der Waals surface area contributed by atoms with Gasteiger partial charge in [-0.15, -0.1) is 0 Å². The minimum atomic E-state index is -0.388. The van der Waals surface area contributed by atoms with Crippen LogP contribution in [0.15, 0.2) is 60.2 Å². The first-order valence-electron chi connectivity index (χ1n) is 8.04. The van der Waals surface area contributed by atoms with Crippen LogP contribution in [0.3, 0.4) is 0 Å². The Balaban J connectivity index is 1.82. The van der Waals surface area contributed by atoms with E-state index in [1.54, 1.807) is 18.2 Å². The van der Waals surface area contributed by atoms with Crippen LogP contribution in [-0.2, 0) is 16.6 Å². The van der Waals surface area contributed by atoms with Gasteiger partial charge in [0.15, 0.2) is 0 Å². The van der Waals surface area contributed by atoms with Gasteiger partial charge in [-0.1, -0.05) is 36.4 Å². The van der Waals surface area contributed by atoms with Crippen molar-refractivity contribution >= 4 is 34.5 Å². The molecular weight excluding hydrogens is 314 g/mol. The van der Waals surface area contributed by atoms with E-state index in [0.29, 0.717) is 5.69 Å². The molecule has 2 amide bonds. The second kappa shape index (κ2) is 5.63. The summed E-state index contributed by atoms with van der Waals surface area (Å²) in [5, 5.41) is 2.31. The number of hydrazine groups is 1. The van der Waals surface area contributed by atoms with E-state index in [1.807, 2.05) is 56.4 Å². The van der Waals surface area contributed by atoms with Crippen LogP contribution in [0.4, 0.5) is 5.69 Å². The van der Waals surface area contributed by atoms with Crippen molar-refractivity contribution in [3.05, 3.63) is 71.4 Å². The van der Waals surface area contributed by atoms with Crippen molar-refractivity contribution in [2.45, 2.75) is 6.92 Å². The van der Waals surface area contributed by atoms with Crippen LogP contribution in [0.2, 0.25) is 0 Å². The van der Waals surface area contributed by atoms with Gasteiger partial charge in [-0.2, -0.15) is 0 Å². The molecule has 25 heavy (non-hydrogen) atoms. The van der Waals surface area contributed by atoms with Gasteiger partial charge in [0.05, 0.1) is 5.69 Å². The van der Waals surface area contributed by atoms with Crippen LogP contribution in [0.1, 0.15) is 11.3 Å². The van der Waals surface area contributed by atoms with Gasteiger partial charge in [-0.05, 0) is 31.2 Å². The Kier molecular flexibility index (Phi) is 3.42. The normalized spacial score (nSPS) is 16.1. The highest BCUT2D eigenvalue weighted by molar-refractivity contribution is 6.32. The van der Waals surface area contributed by atoms with Crippen molar-refractivity contribution in [3.63, 3.8) is 0 Å². The largest absolute Gasteiger partial charge is 0.347 e. The Bertz CT molecular complexity index is 1030. The number of amides is 2. The average Bonchev–Trinajstić information content (AvgIpc) is 3.06. The number of para-hydroxylation sites is 2. The summed E-state index contributed by atoms with van der Waals surface area (Å²) in [6, 6.07) is 17.0. The Morgan fingerprint density at radius 2 is 1.64 bits per heavy atom. The molecule has 0 aliphatic carbocycles. The Labute approximate surface area is 145 Å². The van der Waals surface area contributed by atoms with Crippen molar-refractivity contribution in [1.82, 2.24) is 9.99 Å². The van der Waals surface area contributed by atoms with Crippen molar-refractivity contribution in [1.29, 1.82) is 0 Å². The van der Waals surface area contributed by atoms with Crippen LogP contribution in [-0.4, -0.2) is 16.4 Å². The number of benzene rings is 2. The smallest absolute Gasteiger partial charge is 0.282 e. The minimum absolute atomic E-state index is 0.142. The van der Waals surface area contributed by atoms with Gasteiger partial charge >= 0.3 is 0 Å². The second-order valence-electron chi connectivity index (χ2n) is 6.05. The first-order valence-corrected chi connectivity index (χ1v) is 8.04. The lowest BCUT2D eigenvalue weighted by Crippen LogP contribution is -2.35. The number of carbonyl (C=O) groups excluding carboxylic acids is 2. The zero-order chi connectivity index (χ0) is 17.6. The fourth-order valence-electron chi connectivity index (χ4n) is 3.19. The summed E-state index contributed by atoms with van der Waals surface area (Å²) in [6.45, 7) is 1.98. The van der Waals surface area contributed by atoms with E-state index >= 15 is 0 Å². The van der Waals surface area contributed by atoms with Crippen LogP contribution in [0.25, 0.3) is 17.0 Å². The van der Waals surface area contributed by atoms with E-state index in [2.05, 4.69) is 9.99 Å². The summed E-state index contributed by atoms with van der Waals surface area (Å²) in [7, 11) is 1.98. The van der Waals surface area contributed by atoms with E-state index < -0.39 is 0 Å². The van der Waals surface area contributed by atoms with Gasteiger partial charge in [0.25, 0.3) is 11.8 Å². The van der Waals surface area contributed by atoms with Crippen molar-refractivity contribution in [3.8, 4) is 0 Å². The molecule has 1 N–H and O–H groups in total. The van der Waals surface area contributed by atoms with Gasteiger partial charge in [0.2, 0.25) is 0 Å². The number of aryl methyl sites for hydroxylation is 1. The van der Waals surface area contributed by atoms with Gasteiger partial charge in [0, 0.05) is 29.2 Å². The number of carbonyl (C=O) groups is 2. The molecule has 3 aromatic rings. The molecule has 0 radical (unpaired) electrons. The fourth-order valence-corrected chi connectivity index (χ4v) is 3.19. The summed E-state index contributed by atoms with van der Waals surface area (Å²) in [6.07, 6.45) is 1.69. The summed E-state index contributed by atoms with van der Waals surface area (Å²) in [5.41, 5.74) is 6.38. The molecular formula is C20H17N3O2. The molecule has 1 fully saturated rings. The highest BCUT2D eigenvalue weighted by Crippen LogP contribution is 2.28. The predicted molar refractivity (Wildman–Crippen MR) is 97.7 cm³/mol. The molecule has 0 saturated carbocycles. The molecule has 1 saturated heterocycles. The fraction of sp³-hybridized carbons (Fsp3) is 0.100. The predicted octanol–water partition coefficient (Wildman–Crippen LogP) is 2.95. The highest BCUT2D eigenvalue weighted by atomic mass is 16.2. The molecule has 5 nitrogen and oxygen atoms in total. The third-order valence-electron chi connectivity index (χ3n) is 4.64. The number of nitrogens with zero attached hydrogens (tertiary/aromatic N) is 2. The number of fused-ring (bicyclic) bond motifs is 1. The number of aromatic nitrogens is 1. The number of nitrogens with one attached hydrogen (secondary N) is 1. The third kappa shape index (κ3) is 2.32. The highest BCUT2D eigenvalue weighted by Gasteiger charge is 2.34. The monoisotopic (exact) mass is 331 g/mol. The molecule has 0 spiro atoms. The SMILES string of the molecule is Cc1c(/C=C2/C(=O)NN(c3ccccc3)C2=O)c2ccccc2n1C. The third-order valence-corrected chi connectivity index (χ3v) is 4.64. The Hall–Kier alpha value is -3.34. The van der Waals surface area contributed by atoms with Crippen molar-refractivity contribution in [2.75, 3.05) is 5.01 Å². The molecule has 0 unspecified atom stereocenters. The van der Waals surface area contributed by atoms with E-state index in [4.69, 9.17) is 0 Å². The maximum atomic E-state index is 12.7. The first-order chi connectivity index (χ1) is 12.1. The Morgan fingerprint density at radius 1 is 0.960 bits per heavy atom. The molecule has 0 bridgehead atoms. The van der Waals surface area contributed by atoms with E-state index in [1.165, 1.54) is 5.01 Å². The first kappa shape index (κ1) is 15.2. The van der Waals surface area contributed by atoms with Crippen LogP contribution < -0.4 is 10.4 Å². The van der Waals surface area contributed by atoms with Crippen molar-refractivity contribution < 1.29 is 9.59 Å². The maximum Gasteiger partial charge on any atom is 0.282 e. The Morgan fingerprint density at radius 3 is 2.40 bits per heavy atom. The standard InChI is InChI=1S/C20H17N3O2/c1-13-16(15-10-6-7-11-18(15)22(13)2)12-17-19(24)21-23(20(17)25)14-8-4-3-5-9-14/h3-12H,1-2H3,(H,21,24)/b17-12-. The van der Waals surface area contributed by atoms with Gasteiger partial charge < -0.3 is 4.57 Å². The molecule has 1 aromatic heterocycles. The number of hydrogen-bond donors (Lipinski definition) is 1. The lowest BCUT2D eigenvalue weighted by atomic mass is 10.1. The van der Waals surface area contributed by atoms with Gasteiger partial charge in [0.1, 0.15) is 5.57 Å². The topological polar surface area (TPSA) is 54.3 Å². The second-order valence-corrected chi connectivity index (χ2v) is 6.05. The quantitative estimate of drug-likeness (QED) is 0.580. The number of anilines is 1. The number of hydrogen-bond acceptors (Lipinski definition) is 2.